The van der Waals surface area contributed by atoms with Gasteiger partial charge < -0.3 is 10.1 Å². The van der Waals surface area contributed by atoms with E-state index in [9.17, 15) is 0 Å². The summed E-state index contributed by atoms with van der Waals surface area (Å²) < 4.78 is 7.22. The molecule has 0 amide bonds. The fraction of sp³-hybridized carbons (Fsp3) is 0.625. The van der Waals surface area contributed by atoms with Crippen molar-refractivity contribution in [2.45, 2.75) is 57.6 Å². The van der Waals surface area contributed by atoms with Crippen molar-refractivity contribution in [1.82, 2.24) is 5.32 Å². The van der Waals surface area contributed by atoms with Gasteiger partial charge in [0.15, 0.2) is 0 Å². The van der Waals surface area contributed by atoms with Crippen LogP contribution in [0.3, 0.4) is 0 Å². The average Bonchev–Trinajstić information content (AvgIpc) is 2.27. The maximum Gasteiger partial charge on any atom is 0.134 e. The van der Waals surface area contributed by atoms with E-state index >= 15 is 0 Å². The maximum atomic E-state index is 6.29. The molecule has 20 heavy (non-hydrogen) atoms. The number of rotatable bonds is 5. The smallest absolute Gasteiger partial charge is 0.134 e. The van der Waals surface area contributed by atoms with E-state index in [0.717, 1.165) is 41.1 Å². The van der Waals surface area contributed by atoms with Crippen LogP contribution < -0.4 is 10.1 Å². The number of ether oxygens (including phenoxy) is 1. The minimum Gasteiger partial charge on any atom is -0.486 e. The lowest BCUT2D eigenvalue weighted by Crippen LogP contribution is -2.47. The summed E-state index contributed by atoms with van der Waals surface area (Å²) in [5.74, 6) is 0.893. The highest BCUT2D eigenvalue weighted by Crippen LogP contribution is 2.41. The van der Waals surface area contributed by atoms with Crippen molar-refractivity contribution in [3.05, 3.63) is 27.7 Å². The molecule has 0 bridgehead atoms. The van der Waals surface area contributed by atoms with Gasteiger partial charge in [0.1, 0.15) is 11.4 Å². The topological polar surface area (TPSA) is 21.3 Å². The molecule has 1 saturated carbocycles. The maximum absolute atomic E-state index is 6.29. The molecule has 4 heteroatoms. The van der Waals surface area contributed by atoms with Crippen molar-refractivity contribution >= 4 is 27.5 Å². The molecule has 0 atom stereocenters. The minimum atomic E-state index is -0.00536. The van der Waals surface area contributed by atoms with Crippen LogP contribution >= 0.6 is 27.5 Å². The molecular formula is C16H23BrClNO. The molecule has 0 unspecified atom stereocenters. The summed E-state index contributed by atoms with van der Waals surface area (Å²) in [6.45, 7) is 7.56. The lowest BCUT2D eigenvalue weighted by molar-refractivity contribution is -0.0158. The number of halogens is 2. The number of hydrogen-bond acceptors (Lipinski definition) is 2. The first-order chi connectivity index (χ1) is 9.30. The highest BCUT2D eigenvalue weighted by molar-refractivity contribution is 9.10. The molecule has 1 fully saturated rings. The van der Waals surface area contributed by atoms with Crippen molar-refractivity contribution in [3.8, 4) is 5.75 Å². The van der Waals surface area contributed by atoms with E-state index < -0.39 is 0 Å². The van der Waals surface area contributed by atoms with Gasteiger partial charge in [-0.3, -0.25) is 0 Å². The summed E-state index contributed by atoms with van der Waals surface area (Å²) in [6, 6.07) is 5.71. The zero-order valence-corrected chi connectivity index (χ0v) is 14.8. The summed E-state index contributed by atoms with van der Waals surface area (Å²) >= 11 is 9.50. The second-order valence-electron chi connectivity index (χ2n) is 6.64. The Morgan fingerprint density at radius 2 is 2.05 bits per heavy atom. The summed E-state index contributed by atoms with van der Waals surface area (Å²) in [5, 5.41) is 4.27. The molecule has 0 saturated heterocycles. The standard InChI is InChI=1S/C16H23BrClNO/c1-15(2,3)19-10-9-16(7-4-8-16)20-14-6-5-12(18)11-13(14)17/h5-6,11,19H,4,7-10H2,1-3H3. The van der Waals surface area contributed by atoms with Crippen LogP contribution in [0, 0.1) is 0 Å². The molecule has 0 spiro atoms. The third-order valence-corrected chi connectivity index (χ3v) is 4.58. The normalized spacial score (nSPS) is 17.6. The van der Waals surface area contributed by atoms with Gasteiger partial charge in [-0.2, -0.15) is 0 Å². The largest absolute Gasteiger partial charge is 0.486 e. The van der Waals surface area contributed by atoms with Crippen LogP contribution in [-0.2, 0) is 0 Å². The minimum absolute atomic E-state index is 0.00536. The van der Waals surface area contributed by atoms with Crippen molar-refractivity contribution in [3.63, 3.8) is 0 Å². The monoisotopic (exact) mass is 359 g/mol. The zero-order chi connectivity index (χ0) is 14.8. The highest BCUT2D eigenvalue weighted by atomic mass is 79.9. The average molecular weight is 361 g/mol. The first-order valence-corrected chi connectivity index (χ1v) is 8.36. The van der Waals surface area contributed by atoms with Gasteiger partial charge in [-0.25, -0.2) is 0 Å². The van der Waals surface area contributed by atoms with Gasteiger partial charge in [0, 0.05) is 10.6 Å². The summed E-state index contributed by atoms with van der Waals surface area (Å²) in [4.78, 5) is 0. The number of benzene rings is 1. The lowest BCUT2D eigenvalue weighted by atomic mass is 9.77. The predicted octanol–water partition coefficient (Wildman–Crippen LogP) is 5.18. The molecule has 0 radical (unpaired) electrons. The van der Waals surface area contributed by atoms with Crippen LogP contribution in [0.5, 0.6) is 5.75 Å². The molecule has 112 valence electrons. The molecule has 1 N–H and O–H groups in total. The first-order valence-electron chi connectivity index (χ1n) is 7.19. The molecule has 0 heterocycles. The summed E-state index contributed by atoms with van der Waals surface area (Å²) in [7, 11) is 0. The van der Waals surface area contributed by atoms with Crippen molar-refractivity contribution in [2.24, 2.45) is 0 Å². The van der Waals surface area contributed by atoms with Crippen molar-refractivity contribution in [1.29, 1.82) is 0 Å². The zero-order valence-electron chi connectivity index (χ0n) is 12.4. The Labute approximate surface area is 135 Å². The quantitative estimate of drug-likeness (QED) is 0.781. The van der Waals surface area contributed by atoms with Crippen LogP contribution in [0.2, 0.25) is 5.02 Å². The Kier molecular flexibility index (Phi) is 5.04. The molecule has 1 aliphatic rings. The van der Waals surface area contributed by atoms with Gasteiger partial charge >= 0.3 is 0 Å². The SMILES string of the molecule is CC(C)(C)NCCC1(Oc2ccc(Cl)cc2Br)CCC1. The Balaban J connectivity index is 1.97. The molecule has 1 aliphatic carbocycles. The Morgan fingerprint density at radius 1 is 1.35 bits per heavy atom. The second-order valence-corrected chi connectivity index (χ2v) is 7.93. The Hall–Kier alpha value is -0.250. The van der Waals surface area contributed by atoms with Crippen molar-refractivity contribution < 1.29 is 4.74 Å². The second kappa shape index (κ2) is 6.25. The lowest BCUT2D eigenvalue weighted by Gasteiger charge is -2.43. The molecule has 1 aromatic rings. The van der Waals surface area contributed by atoms with Crippen LogP contribution in [0.4, 0.5) is 0 Å². The van der Waals surface area contributed by atoms with Gasteiger partial charge in [-0.15, -0.1) is 0 Å². The van der Waals surface area contributed by atoms with E-state index in [2.05, 4.69) is 42.0 Å². The Morgan fingerprint density at radius 3 is 2.55 bits per heavy atom. The molecular weight excluding hydrogens is 338 g/mol. The van der Waals surface area contributed by atoms with E-state index in [0.29, 0.717) is 0 Å². The molecule has 0 aliphatic heterocycles. The van der Waals surface area contributed by atoms with Gasteiger partial charge in [-0.05, 0) is 87.1 Å². The van der Waals surface area contributed by atoms with Crippen molar-refractivity contribution in [2.75, 3.05) is 6.54 Å². The molecule has 1 aromatic carbocycles. The van der Waals surface area contributed by atoms with Gasteiger partial charge in [0.05, 0.1) is 4.47 Å². The van der Waals surface area contributed by atoms with Gasteiger partial charge in [0.2, 0.25) is 0 Å². The van der Waals surface area contributed by atoms with E-state index in [1.165, 1.54) is 6.42 Å². The Bertz CT molecular complexity index is 466. The molecule has 2 rings (SSSR count). The van der Waals surface area contributed by atoms with Crippen LogP contribution in [0.25, 0.3) is 0 Å². The molecule has 2 nitrogen and oxygen atoms in total. The number of hydrogen-bond donors (Lipinski definition) is 1. The molecule has 0 aromatic heterocycles. The third kappa shape index (κ3) is 4.37. The van der Waals surface area contributed by atoms with E-state index in [4.69, 9.17) is 16.3 Å². The van der Waals surface area contributed by atoms with E-state index in [-0.39, 0.29) is 11.1 Å². The highest BCUT2D eigenvalue weighted by Gasteiger charge is 2.39. The van der Waals surface area contributed by atoms with Crippen LogP contribution in [-0.4, -0.2) is 17.7 Å². The fourth-order valence-corrected chi connectivity index (χ4v) is 3.19. The van der Waals surface area contributed by atoms with Crippen LogP contribution in [0.1, 0.15) is 46.5 Å². The van der Waals surface area contributed by atoms with E-state index in [1.54, 1.807) is 0 Å². The van der Waals surface area contributed by atoms with Crippen LogP contribution in [0.15, 0.2) is 22.7 Å². The fourth-order valence-electron chi connectivity index (χ4n) is 2.43. The van der Waals surface area contributed by atoms with E-state index in [1.807, 2.05) is 18.2 Å². The summed E-state index contributed by atoms with van der Waals surface area (Å²) in [6.07, 6.45) is 4.56. The summed E-state index contributed by atoms with van der Waals surface area (Å²) in [5.41, 5.74) is 0.153. The predicted molar refractivity (Wildman–Crippen MR) is 88.7 cm³/mol. The third-order valence-electron chi connectivity index (χ3n) is 3.72. The van der Waals surface area contributed by atoms with Gasteiger partial charge in [-0.1, -0.05) is 11.6 Å². The number of nitrogens with one attached hydrogen (secondary N) is 1. The van der Waals surface area contributed by atoms with Gasteiger partial charge in [0.25, 0.3) is 0 Å². The first kappa shape index (κ1) is 16.1.